The number of aromatic nitrogens is 2. The van der Waals surface area contributed by atoms with Crippen LogP contribution in [0, 0.1) is 0 Å². The zero-order valence-electron chi connectivity index (χ0n) is 11.9. The molecule has 0 aliphatic rings. The highest BCUT2D eigenvalue weighted by Crippen LogP contribution is 2.25. The molecule has 0 aliphatic heterocycles. The maximum absolute atomic E-state index is 12.8. The maximum atomic E-state index is 12.8. The molecule has 6 nitrogen and oxygen atoms in total. The second-order valence-electron chi connectivity index (χ2n) is 4.76. The van der Waals surface area contributed by atoms with Crippen LogP contribution >= 0.6 is 0 Å². The Morgan fingerprint density at radius 1 is 1.26 bits per heavy atom. The molecule has 2 rings (SSSR count). The molecule has 2 aromatic rings. The van der Waals surface area contributed by atoms with Crippen molar-refractivity contribution in [2.24, 2.45) is 7.05 Å². The minimum atomic E-state index is -5.05. The number of aromatic carboxylic acids is 1. The number of anilines is 1. The van der Waals surface area contributed by atoms with Gasteiger partial charge in [0.2, 0.25) is 0 Å². The van der Waals surface area contributed by atoms with E-state index in [0.29, 0.717) is 10.5 Å². The first-order valence-electron chi connectivity index (χ1n) is 6.38. The molecule has 0 saturated heterocycles. The van der Waals surface area contributed by atoms with Gasteiger partial charge < -0.3 is 10.0 Å². The minimum absolute atomic E-state index is 0.0545. The lowest BCUT2D eigenvalue weighted by Crippen LogP contribution is -2.40. The molecule has 1 amide bonds. The van der Waals surface area contributed by atoms with Gasteiger partial charge in [0.1, 0.15) is 0 Å². The van der Waals surface area contributed by atoms with Crippen LogP contribution in [0.2, 0.25) is 0 Å². The molecule has 0 bridgehead atoms. The van der Waals surface area contributed by atoms with Gasteiger partial charge in [0, 0.05) is 24.5 Å². The molecule has 0 aliphatic carbocycles. The Morgan fingerprint density at radius 3 is 2.30 bits per heavy atom. The fraction of sp³-hybridized carbons (Fsp3) is 0.214. The van der Waals surface area contributed by atoms with Crippen LogP contribution in [0.3, 0.4) is 0 Å². The monoisotopic (exact) mass is 327 g/mol. The highest BCUT2D eigenvalue weighted by Gasteiger charge is 2.43. The Morgan fingerprint density at radius 2 is 1.87 bits per heavy atom. The van der Waals surface area contributed by atoms with Crippen molar-refractivity contribution in [3.63, 3.8) is 0 Å². The number of halogens is 3. The molecule has 9 heteroatoms. The SMILES string of the molecule is Cn1cc(CN(C(=O)C(F)(F)F)c2ccc(C(=O)O)cc2)cn1. The van der Waals surface area contributed by atoms with Crippen molar-refractivity contribution in [3.8, 4) is 0 Å². The summed E-state index contributed by atoms with van der Waals surface area (Å²) in [6, 6.07) is 4.59. The Hall–Kier alpha value is -2.84. The summed E-state index contributed by atoms with van der Waals surface area (Å²) in [5.41, 5.74) is 0.267. The lowest BCUT2D eigenvalue weighted by molar-refractivity contribution is -0.170. The van der Waals surface area contributed by atoms with E-state index < -0.39 is 18.1 Å². The summed E-state index contributed by atoms with van der Waals surface area (Å²) < 4.78 is 39.8. The van der Waals surface area contributed by atoms with E-state index in [0.717, 1.165) is 24.3 Å². The van der Waals surface area contributed by atoms with Crippen molar-refractivity contribution in [2.45, 2.75) is 12.7 Å². The van der Waals surface area contributed by atoms with Gasteiger partial charge in [-0.2, -0.15) is 18.3 Å². The number of carboxylic acid groups (broad SMARTS) is 1. The number of benzene rings is 1. The van der Waals surface area contributed by atoms with Crippen LogP contribution in [0.15, 0.2) is 36.7 Å². The standard InChI is InChI=1S/C14H12F3N3O3/c1-19-7-9(6-18-19)8-20(13(23)14(15,16)17)11-4-2-10(3-5-11)12(21)22/h2-7H,8H2,1H3,(H,21,22). The molecular formula is C14H12F3N3O3. The number of nitrogens with zero attached hydrogens (tertiary/aromatic N) is 3. The van der Waals surface area contributed by atoms with Crippen LogP contribution in [0.25, 0.3) is 0 Å². The Balaban J connectivity index is 2.36. The molecule has 23 heavy (non-hydrogen) atoms. The fourth-order valence-corrected chi connectivity index (χ4v) is 1.95. The molecule has 122 valence electrons. The van der Waals surface area contributed by atoms with Gasteiger partial charge in [-0.3, -0.25) is 9.48 Å². The second-order valence-corrected chi connectivity index (χ2v) is 4.76. The van der Waals surface area contributed by atoms with Crippen molar-refractivity contribution in [3.05, 3.63) is 47.8 Å². The molecule has 0 fully saturated rings. The summed E-state index contributed by atoms with van der Waals surface area (Å²) in [6.07, 6.45) is -2.21. The summed E-state index contributed by atoms with van der Waals surface area (Å²) >= 11 is 0. The first-order chi connectivity index (χ1) is 10.7. The smallest absolute Gasteiger partial charge is 0.471 e. The van der Waals surface area contributed by atoms with Gasteiger partial charge in [-0.15, -0.1) is 0 Å². The highest BCUT2D eigenvalue weighted by molar-refractivity contribution is 5.97. The number of hydrogen-bond donors (Lipinski definition) is 1. The van der Waals surface area contributed by atoms with E-state index in [1.54, 1.807) is 7.05 Å². The van der Waals surface area contributed by atoms with Crippen LogP contribution in [0.4, 0.5) is 18.9 Å². The van der Waals surface area contributed by atoms with E-state index in [4.69, 9.17) is 5.11 Å². The zero-order chi connectivity index (χ0) is 17.2. The Kier molecular flexibility index (Phi) is 4.39. The lowest BCUT2D eigenvalue weighted by atomic mass is 10.2. The van der Waals surface area contributed by atoms with Crippen LogP contribution in [0.1, 0.15) is 15.9 Å². The third-order valence-electron chi connectivity index (χ3n) is 3.01. The van der Waals surface area contributed by atoms with Gasteiger partial charge in [0.15, 0.2) is 0 Å². The topological polar surface area (TPSA) is 75.4 Å². The van der Waals surface area contributed by atoms with Gasteiger partial charge in [0.25, 0.3) is 0 Å². The summed E-state index contributed by atoms with van der Waals surface area (Å²) in [5.74, 6) is -3.25. The molecule has 0 unspecified atom stereocenters. The number of carbonyl (C=O) groups is 2. The number of alkyl halides is 3. The van der Waals surface area contributed by atoms with E-state index >= 15 is 0 Å². The van der Waals surface area contributed by atoms with Crippen molar-refractivity contribution in [2.75, 3.05) is 4.90 Å². The summed E-state index contributed by atoms with van der Waals surface area (Å²) in [5, 5.41) is 12.7. The minimum Gasteiger partial charge on any atom is -0.478 e. The van der Waals surface area contributed by atoms with Gasteiger partial charge in [-0.05, 0) is 24.3 Å². The van der Waals surface area contributed by atoms with E-state index in [1.165, 1.54) is 17.1 Å². The Labute approximate surface area is 128 Å². The van der Waals surface area contributed by atoms with E-state index in [9.17, 15) is 22.8 Å². The molecule has 0 atom stereocenters. The van der Waals surface area contributed by atoms with E-state index in [2.05, 4.69) is 5.10 Å². The van der Waals surface area contributed by atoms with Gasteiger partial charge in [-0.1, -0.05) is 0 Å². The van der Waals surface area contributed by atoms with Crippen LogP contribution < -0.4 is 4.90 Å². The second kappa shape index (κ2) is 6.11. The molecule has 1 heterocycles. The number of rotatable bonds is 4. The normalized spacial score (nSPS) is 11.3. The number of amides is 1. The van der Waals surface area contributed by atoms with Crippen molar-refractivity contribution in [1.82, 2.24) is 9.78 Å². The zero-order valence-corrected chi connectivity index (χ0v) is 11.9. The maximum Gasteiger partial charge on any atom is 0.471 e. The molecule has 1 N–H and O–H groups in total. The average molecular weight is 327 g/mol. The molecule has 0 radical (unpaired) electrons. The summed E-state index contributed by atoms with van der Waals surface area (Å²) in [4.78, 5) is 23.0. The third kappa shape index (κ3) is 3.87. The fourth-order valence-electron chi connectivity index (χ4n) is 1.95. The van der Waals surface area contributed by atoms with Crippen LogP contribution in [-0.2, 0) is 18.4 Å². The van der Waals surface area contributed by atoms with Crippen LogP contribution in [0.5, 0.6) is 0 Å². The molecule has 1 aromatic carbocycles. The van der Waals surface area contributed by atoms with Gasteiger partial charge in [0.05, 0.1) is 18.3 Å². The quantitative estimate of drug-likeness (QED) is 0.934. The van der Waals surface area contributed by atoms with Crippen molar-refractivity contribution >= 4 is 17.6 Å². The number of carbonyl (C=O) groups excluding carboxylic acids is 1. The summed E-state index contributed by atoms with van der Waals surface area (Å²) in [7, 11) is 1.60. The molecule has 1 aromatic heterocycles. The molecule has 0 spiro atoms. The number of aryl methyl sites for hydroxylation is 1. The summed E-state index contributed by atoms with van der Waals surface area (Å²) in [6.45, 7) is -0.335. The van der Waals surface area contributed by atoms with Crippen molar-refractivity contribution < 1.29 is 27.9 Å². The average Bonchev–Trinajstić information content (AvgIpc) is 2.88. The highest BCUT2D eigenvalue weighted by atomic mass is 19.4. The van der Waals surface area contributed by atoms with Crippen molar-refractivity contribution in [1.29, 1.82) is 0 Å². The predicted molar refractivity (Wildman–Crippen MR) is 73.9 cm³/mol. The third-order valence-corrected chi connectivity index (χ3v) is 3.01. The Bertz CT molecular complexity index is 723. The number of carboxylic acids is 1. The van der Waals surface area contributed by atoms with E-state index in [-0.39, 0.29) is 17.8 Å². The molecular weight excluding hydrogens is 315 g/mol. The molecule has 0 saturated carbocycles. The predicted octanol–water partition coefficient (Wildman–Crippen LogP) is 2.21. The first-order valence-corrected chi connectivity index (χ1v) is 6.38. The lowest BCUT2D eigenvalue weighted by Gasteiger charge is -2.23. The first kappa shape index (κ1) is 16.5. The largest absolute Gasteiger partial charge is 0.478 e. The van der Waals surface area contributed by atoms with Gasteiger partial charge >= 0.3 is 18.1 Å². The van der Waals surface area contributed by atoms with Crippen LogP contribution in [-0.4, -0.2) is 32.9 Å². The van der Waals surface area contributed by atoms with E-state index in [1.807, 2.05) is 0 Å². The number of hydrogen-bond acceptors (Lipinski definition) is 3. The van der Waals surface area contributed by atoms with Gasteiger partial charge in [-0.25, -0.2) is 4.79 Å².